The summed E-state index contributed by atoms with van der Waals surface area (Å²) in [6.45, 7) is 12.6. The van der Waals surface area contributed by atoms with E-state index in [-0.39, 0.29) is 31.2 Å². The number of hydrogen-bond acceptors (Lipinski definition) is 7. The number of esters is 1. The van der Waals surface area contributed by atoms with Gasteiger partial charge in [0, 0.05) is 33.6 Å². The second-order valence-corrected chi connectivity index (χ2v) is 11.2. The van der Waals surface area contributed by atoms with Crippen LogP contribution < -0.4 is 10.6 Å². The van der Waals surface area contributed by atoms with Crippen molar-refractivity contribution in [2.24, 2.45) is 11.8 Å². The van der Waals surface area contributed by atoms with E-state index in [9.17, 15) is 28.8 Å². The van der Waals surface area contributed by atoms with Crippen LogP contribution in [0.25, 0.3) is 0 Å². The summed E-state index contributed by atoms with van der Waals surface area (Å²) in [6.07, 6.45) is 1.12. The summed E-state index contributed by atoms with van der Waals surface area (Å²) in [5.74, 6) is -3.67. The molecule has 0 aromatic heterocycles. The molecule has 0 aliphatic carbocycles. The fourth-order valence-corrected chi connectivity index (χ4v) is 5.08. The van der Waals surface area contributed by atoms with Crippen LogP contribution in [0.5, 0.6) is 0 Å². The Kier molecular flexibility index (Phi) is 11.7. The van der Waals surface area contributed by atoms with E-state index in [2.05, 4.69) is 17.2 Å². The minimum atomic E-state index is -1.17. The number of nitrogens with one attached hydrogen (secondary N) is 2. The first-order chi connectivity index (χ1) is 18.7. The fourth-order valence-electron chi connectivity index (χ4n) is 5.08. The van der Waals surface area contributed by atoms with E-state index < -0.39 is 65.8 Å². The SMILES string of the molecule is C=CC[C@H]1OC(=O)CCNC(=O)[C@H](C)N(C)C(=O)[C@H](C(C)C)N(C)C(=O)[C@H](C(C)C)NC(=O)[C@@H]2CCCN2C1=O. The molecule has 5 atom stereocenters. The number of fused-ring (bicyclic) bond motifs is 1. The third-order valence-corrected chi connectivity index (χ3v) is 7.58. The molecule has 0 unspecified atom stereocenters. The lowest BCUT2D eigenvalue weighted by Gasteiger charge is -2.37. The Morgan fingerprint density at radius 3 is 2.17 bits per heavy atom. The van der Waals surface area contributed by atoms with Gasteiger partial charge >= 0.3 is 5.97 Å². The van der Waals surface area contributed by atoms with E-state index in [1.807, 2.05) is 0 Å². The predicted molar refractivity (Wildman–Crippen MR) is 147 cm³/mol. The van der Waals surface area contributed by atoms with Crippen molar-refractivity contribution in [2.45, 2.75) is 90.6 Å². The number of ether oxygens (including phenoxy) is 1. The number of hydrogen-bond donors (Lipinski definition) is 2. The summed E-state index contributed by atoms with van der Waals surface area (Å²) in [5, 5.41) is 5.45. The summed E-state index contributed by atoms with van der Waals surface area (Å²) in [4.78, 5) is 83.5. The molecule has 12 nitrogen and oxygen atoms in total. The van der Waals surface area contributed by atoms with Crippen LogP contribution in [0.3, 0.4) is 0 Å². The maximum absolute atomic E-state index is 13.7. The van der Waals surface area contributed by atoms with Gasteiger partial charge in [-0.2, -0.15) is 0 Å². The van der Waals surface area contributed by atoms with Crippen LogP contribution in [0, 0.1) is 11.8 Å². The average molecular weight is 564 g/mol. The van der Waals surface area contributed by atoms with Crippen molar-refractivity contribution in [2.75, 3.05) is 27.2 Å². The summed E-state index contributed by atoms with van der Waals surface area (Å²) < 4.78 is 5.43. The van der Waals surface area contributed by atoms with Gasteiger partial charge in [-0.05, 0) is 31.6 Å². The highest BCUT2D eigenvalue weighted by Crippen LogP contribution is 2.22. The standard InChI is InChI=1S/C28H45N5O7/c1-9-11-20-26(37)33-15-10-12-19(33)25(36)30-22(16(2)3)27(38)32(8)23(17(4)5)28(39)31(7)18(6)24(35)29-14-13-21(34)40-20/h9,16-20,22-23H,1,10-15H2,2-8H3,(H,29,35)(H,30,36)/t18-,19-,20+,22-,23-/m0/s1. The fraction of sp³-hybridized carbons (Fsp3) is 0.714. The quantitative estimate of drug-likeness (QED) is 0.373. The minimum Gasteiger partial charge on any atom is -0.452 e. The monoisotopic (exact) mass is 563 g/mol. The third-order valence-electron chi connectivity index (χ3n) is 7.58. The molecule has 2 saturated heterocycles. The molecule has 2 aliphatic rings. The number of likely N-dealkylation sites (N-methyl/N-ethyl adjacent to an activating group) is 2. The number of rotatable bonds is 4. The molecule has 0 aromatic carbocycles. The number of amides is 5. The maximum Gasteiger partial charge on any atom is 0.308 e. The minimum absolute atomic E-state index is 0.0558. The van der Waals surface area contributed by atoms with Crippen LogP contribution in [-0.2, 0) is 33.5 Å². The molecule has 0 bridgehead atoms. The molecule has 0 saturated carbocycles. The zero-order valence-corrected chi connectivity index (χ0v) is 24.8. The summed E-state index contributed by atoms with van der Waals surface area (Å²) in [5.41, 5.74) is 0. The summed E-state index contributed by atoms with van der Waals surface area (Å²) in [6, 6.07) is -3.59. The normalized spacial score (nSPS) is 28.5. The molecule has 0 radical (unpaired) electrons. The first-order valence-electron chi connectivity index (χ1n) is 13.9. The lowest BCUT2D eigenvalue weighted by Crippen LogP contribution is -2.60. The van der Waals surface area contributed by atoms with Crippen LogP contribution in [0.4, 0.5) is 0 Å². The Morgan fingerprint density at radius 2 is 1.60 bits per heavy atom. The first-order valence-corrected chi connectivity index (χ1v) is 13.9. The number of cyclic esters (lactones) is 1. The summed E-state index contributed by atoms with van der Waals surface area (Å²) >= 11 is 0. The Labute approximate surface area is 236 Å². The number of nitrogens with zero attached hydrogens (tertiary/aromatic N) is 3. The van der Waals surface area contributed by atoms with E-state index in [1.54, 1.807) is 34.6 Å². The maximum atomic E-state index is 13.7. The highest BCUT2D eigenvalue weighted by molar-refractivity contribution is 5.96. The highest BCUT2D eigenvalue weighted by atomic mass is 16.5. The van der Waals surface area contributed by atoms with Gasteiger partial charge < -0.3 is 30.1 Å². The molecule has 2 rings (SSSR count). The molecule has 2 heterocycles. The topological polar surface area (TPSA) is 145 Å². The van der Waals surface area contributed by atoms with E-state index >= 15 is 0 Å². The molecule has 2 aliphatic heterocycles. The van der Waals surface area contributed by atoms with Crippen LogP contribution >= 0.6 is 0 Å². The smallest absolute Gasteiger partial charge is 0.308 e. The van der Waals surface area contributed by atoms with Gasteiger partial charge in [0.05, 0.1) is 6.42 Å². The second-order valence-electron chi connectivity index (χ2n) is 11.2. The molecule has 12 heteroatoms. The number of carbonyl (C=O) groups excluding carboxylic acids is 6. The zero-order valence-electron chi connectivity index (χ0n) is 24.8. The average Bonchev–Trinajstić information content (AvgIpc) is 3.38. The van der Waals surface area contributed by atoms with Crippen molar-refractivity contribution in [3.63, 3.8) is 0 Å². The van der Waals surface area contributed by atoms with Gasteiger partial charge in [0.25, 0.3) is 5.91 Å². The van der Waals surface area contributed by atoms with Gasteiger partial charge in [-0.15, -0.1) is 6.58 Å². The second kappa shape index (κ2) is 14.3. The molecule has 224 valence electrons. The lowest BCUT2D eigenvalue weighted by atomic mass is 9.97. The van der Waals surface area contributed by atoms with Crippen LogP contribution in [-0.4, -0.2) is 108 Å². The third kappa shape index (κ3) is 7.60. The van der Waals surface area contributed by atoms with Crippen molar-refractivity contribution in [1.82, 2.24) is 25.3 Å². The lowest BCUT2D eigenvalue weighted by molar-refractivity contribution is -0.161. The van der Waals surface area contributed by atoms with Crippen molar-refractivity contribution < 1.29 is 33.5 Å². The van der Waals surface area contributed by atoms with Gasteiger partial charge in [-0.1, -0.05) is 33.8 Å². The van der Waals surface area contributed by atoms with E-state index in [1.165, 1.54) is 34.9 Å². The predicted octanol–water partition coefficient (Wildman–Crippen LogP) is 0.456. The Balaban J connectivity index is 2.50. The molecule has 2 N–H and O–H groups in total. The van der Waals surface area contributed by atoms with Crippen molar-refractivity contribution in [3.8, 4) is 0 Å². The molecular formula is C28H45N5O7. The molecule has 40 heavy (non-hydrogen) atoms. The van der Waals surface area contributed by atoms with Gasteiger partial charge in [-0.3, -0.25) is 28.8 Å². The molecule has 0 spiro atoms. The molecule has 2 fully saturated rings. The number of carbonyl (C=O) groups is 6. The largest absolute Gasteiger partial charge is 0.452 e. The molecule has 0 aromatic rings. The molecule has 5 amide bonds. The van der Waals surface area contributed by atoms with Crippen LogP contribution in [0.1, 0.15) is 60.3 Å². The van der Waals surface area contributed by atoms with Crippen molar-refractivity contribution in [1.29, 1.82) is 0 Å². The Bertz CT molecular complexity index is 998. The Morgan fingerprint density at radius 1 is 0.950 bits per heavy atom. The van der Waals surface area contributed by atoms with Gasteiger partial charge in [0.15, 0.2) is 6.10 Å². The van der Waals surface area contributed by atoms with E-state index in [0.29, 0.717) is 19.4 Å². The van der Waals surface area contributed by atoms with E-state index in [0.717, 1.165) is 0 Å². The Hall–Kier alpha value is -3.44. The zero-order chi connectivity index (χ0) is 30.3. The highest BCUT2D eigenvalue weighted by Gasteiger charge is 2.42. The summed E-state index contributed by atoms with van der Waals surface area (Å²) in [7, 11) is 3.00. The van der Waals surface area contributed by atoms with Crippen LogP contribution in [0.15, 0.2) is 12.7 Å². The molecular weight excluding hydrogens is 518 g/mol. The first kappa shape index (κ1) is 32.8. The van der Waals surface area contributed by atoms with Gasteiger partial charge in [-0.25, -0.2) is 0 Å². The van der Waals surface area contributed by atoms with Crippen molar-refractivity contribution in [3.05, 3.63) is 12.7 Å². The van der Waals surface area contributed by atoms with Gasteiger partial charge in [0.2, 0.25) is 23.6 Å². The van der Waals surface area contributed by atoms with Crippen LogP contribution in [0.2, 0.25) is 0 Å². The van der Waals surface area contributed by atoms with Gasteiger partial charge in [0.1, 0.15) is 24.2 Å². The van der Waals surface area contributed by atoms with E-state index in [4.69, 9.17) is 4.74 Å². The van der Waals surface area contributed by atoms with Crippen molar-refractivity contribution >= 4 is 35.5 Å².